The van der Waals surface area contributed by atoms with E-state index in [1.54, 1.807) is 12.1 Å². The molecule has 3 nitrogen and oxygen atoms in total. The Labute approximate surface area is 126 Å². The fourth-order valence-electron chi connectivity index (χ4n) is 2.90. The van der Waals surface area contributed by atoms with Crippen molar-refractivity contribution < 1.29 is 9.18 Å². The Morgan fingerprint density at radius 1 is 1.38 bits per heavy atom. The molecule has 0 aliphatic carbocycles. The minimum Gasteiger partial charge on any atom is -0.353 e. The van der Waals surface area contributed by atoms with Crippen molar-refractivity contribution in [3.8, 4) is 0 Å². The maximum absolute atomic E-state index is 13.6. The number of benzene rings is 1. The predicted molar refractivity (Wildman–Crippen MR) is 82.5 cm³/mol. The number of amides is 1. The lowest BCUT2D eigenvalue weighted by Gasteiger charge is -2.22. The van der Waals surface area contributed by atoms with Crippen LogP contribution < -0.4 is 10.6 Å². The van der Waals surface area contributed by atoms with Gasteiger partial charge < -0.3 is 10.6 Å². The molecule has 0 bridgehead atoms. The van der Waals surface area contributed by atoms with E-state index in [2.05, 4.69) is 10.6 Å². The first-order valence-corrected chi connectivity index (χ1v) is 7.88. The summed E-state index contributed by atoms with van der Waals surface area (Å²) in [5.74, 6) is 0.546. The number of piperidine rings is 1. The molecule has 1 aromatic carbocycles. The lowest BCUT2D eigenvalue weighted by Crippen LogP contribution is -2.35. The number of carbonyl (C=O) groups is 1. The van der Waals surface area contributed by atoms with E-state index < -0.39 is 0 Å². The molecule has 1 amide bonds. The van der Waals surface area contributed by atoms with E-state index in [-0.39, 0.29) is 17.8 Å². The molecule has 0 spiro atoms. The van der Waals surface area contributed by atoms with Crippen molar-refractivity contribution in [2.45, 2.75) is 45.1 Å². The standard InChI is InChI=1S/C17H25FN2O/c1-13(12-15-4-2-3-5-16(15)18)20-17(21)7-6-14-8-10-19-11-9-14/h2-5,13-14,19H,6-12H2,1H3,(H,20,21). The molecule has 1 unspecified atom stereocenters. The topological polar surface area (TPSA) is 41.1 Å². The van der Waals surface area contributed by atoms with Crippen LogP contribution in [0.3, 0.4) is 0 Å². The van der Waals surface area contributed by atoms with E-state index >= 15 is 0 Å². The lowest BCUT2D eigenvalue weighted by molar-refractivity contribution is -0.122. The smallest absolute Gasteiger partial charge is 0.220 e. The van der Waals surface area contributed by atoms with Gasteiger partial charge in [-0.2, -0.15) is 0 Å². The summed E-state index contributed by atoms with van der Waals surface area (Å²) >= 11 is 0. The molecule has 1 heterocycles. The van der Waals surface area contributed by atoms with Gasteiger partial charge in [-0.25, -0.2) is 4.39 Å². The largest absolute Gasteiger partial charge is 0.353 e. The summed E-state index contributed by atoms with van der Waals surface area (Å²) in [5, 5.41) is 6.31. The second kappa shape index (κ2) is 8.13. The summed E-state index contributed by atoms with van der Waals surface area (Å²) in [6, 6.07) is 6.70. The molecule has 0 saturated carbocycles. The summed E-state index contributed by atoms with van der Waals surface area (Å²) in [5.41, 5.74) is 0.656. The molecule has 4 heteroatoms. The molecule has 1 aromatic rings. The summed E-state index contributed by atoms with van der Waals surface area (Å²) in [6.07, 6.45) is 4.40. The van der Waals surface area contributed by atoms with E-state index in [0.29, 0.717) is 24.3 Å². The van der Waals surface area contributed by atoms with E-state index in [1.807, 2.05) is 13.0 Å². The summed E-state index contributed by atoms with van der Waals surface area (Å²) in [6.45, 7) is 4.06. The van der Waals surface area contributed by atoms with Gasteiger partial charge in [0.25, 0.3) is 0 Å². The molecular weight excluding hydrogens is 267 g/mol. The van der Waals surface area contributed by atoms with Gasteiger partial charge in [0.05, 0.1) is 0 Å². The Hall–Kier alpha value is -1.42. The number of rotatable bonds is 6. The van der Waals surface area contributed by atoms with Gasteiger partial charge in [0.2, 0.25) is 5.91 Å². The molecule has 1 saturated heterocycles. The molecule has 2 rings (SSSR count). The Bertz CT molecular complexity index is 458. The number of carbonyl (C=O) groups excluding carboxylic acids is 1. The van der Waals surface area contributed by atoms with E-state index in [1.165, 1.54) is 6.07 Å². The fourth-order valence-corrected chi connectivity index (χ4v) is 2.90. The van der Waals surface area contributed by atoms with Crippen molar-refractivity contribution in [2.75, 3.05) is 13.1 Å². The van der Waals surface area contributed by atoms with Crippen LogP contribution in [0, 0.1) is 11.7 Å². The molecule has 0 aromatic heterocycles. The molecule has 1 atom stereocenters. The summed E-state index contributed by atoms with van der Waals surface area (Å²) in [7, 11) is 0. The maximum atomic E-state index is 13.6. The third kappa shape index (κ3) is 5.46. The fraction of sp³-hybridized carbons (Fsp3) is 0.588. The maximum Gasteiger partial charge on any atom is 0.220 e. The van der Waals surface area contributed by atoms with Crippen molar-refractivity contribution >= 4 is 5.91 Å². The van der Waals surface area contributed by atoms with Gasteiger partial charge in [-0.05, 0) is 63.2 Å². The average Bonchev–Trinajstić information content (AvgIpc) is 2.48. The van der Waals surface area contributed by atoms with Gasteiger partial charge in [0.15, 0.2) is 0 Å². The van der Waals surface area contributed by atoms with Crippen molar-refractivity contribution in [3.63, 3.8) is 0 Å². The quantitative estimate of drug-likeness (QED) is 0.846. The SMILES string of the molecule is CC(Cc1ccccc1F)NC(=O)CCC1CCNCC1. The second-order valence-electron chi connectivity index (χ2n) is 6.00. The molecular formula is C17H25FN2O. The zero-order chi connectivity index (χ0) is 15.1. The molecule has 1 aliphatic rings. The van der Waals surface area contributed by atoms with Gasteiger partial charge >= 0.3 is 0 Å². The van der Waals surface area contributed by atoms with Crippen molar-refractivity contribution in [2.24, 2.45) is 5.92 Å². The van der Waals surface area contributed by atoms with Crippen LogP contribution in [0.4, 0.5) is 4.39 Å². The van der Waals surface area contributed by atoms with E-state index in [0.717, 1.165) is 32.4 Å². The van der Waals surface area contributed by atoms with Gasteiger partial charge in [-0.15, -0.1) is 0 Å². The first-order valence-electron chi connectivity index (χ1n) is 7.88. The Kier molecular flexibility index (Phi) is 6.18. The van der Waals surface area contributed by atoms with Crippen molar-refractivity contribution in [3.05, 3.63) is 35.6 Å². The highest BCUT2D eigenvalue weighted by Crippen LogP contribution is 2.17. The second-order valence-corrected chi connectivity index (χ2v) is 6.00. The molecule has 2 N–H and O–H groups in total. The third-order valence-corrected chi connectivity index (χ3v) is 4.13. The number of hydrogen-bond donors (Lipinski definition) is 2. The van der Waals surface area contributed by atoms with Crippen LogP contribution in [-0.2, 0) is 11.2 Å². The predicted octanol–water partition coefficient (Wildman–Crippen LogP) is 2.65. The van der Waals surface area contributed by atoms with Gasteiger partial charge in [0.1, 0.15) is 5.82 Å². The molecule has 0 radical (unpaired) electrons. The minimum absolute atomic E-state index is 0.0394. The monoisotopic (exact) mass is 292 g/mol. The highest BCUT2D eigenvalue weighted by molar-refractivity contribution is 5.76. The van der Waals surface area contributed by atoms with Crippen molar-refractivity contribution in [1.82, 2.24) is 10.6 Å². The first kappa shape index (κ1) is 16.0. The zero-order valence-corrected chi connectivity index (χ0v) is 12.7. The Morgan fingerprint density at radius 3 is 2.81 bits per heavy atom. The van der Waals surface area contributed by atoms with Crippen molar-refractivity contribution in [1.29, 1.82) is 0 Å². The van der Waals surface area contributed by atoms with Gasteiger partial charge in [-0.3, -0.25) is 4.79 Å². The Balaban J connectivity index is 1.70. The normalized spacial score (nSPS) is 17.4. The first-order chi connectivity index (χ1) is 10.1. The van der Waals surface area contributed by atoms with Gasteiger partial charge in [-0.1, -0.05) is 18.2 Å². The van der Waals surface area contributed by atoms with E-state index in [4.69, 9.17) is 0 Å². The lowest BCUT2D eigenvalue weighted by atomic mass is 9.93. The molecule has 1 fully saturated rings. The zero-order valence-electron chi connectivity index (χ0n) is 12.7. The third-order valence-electron chi connectivity index (χ3n) is 4.13. The number of halogens is 1. The summed E-state index contributed by atoms with van der Waals surface area (Å²) in [4.78, 5) is 12.0. The molecule has 21 heavy (non-hydrogen) atoms. The number of hydrogen-bond acceptors (Lipinski definition) is 2. The highest BCUT2D eigenvalue weighted by Gasteiger charge is 2.15. The number of nitrogens with one attached hydrogen (secondary N) is 2. The molecule has 1 aliphatic heterocycles. The average molecular weight is 292 g/mol. The van der Waals surface area contributed by atoms with E-state index in [9.17, 15) is 9.18 Å². The highest BCUT2D eigenvalue weighted by atomic mass is 19.1. The van der Waals surface area contributed by atoms with Crippen LogP contribution in [0.5, 0.6) is 0 Å². The van der Waals surface area contributed by atoms with Crippen LogP contribution in [-0.4, -0.2) is 25.0 Å². The minimum atomic E-state index is -0.201. The Morgan fingerprint density at radius 2 is 2.10 bits per heavy atom. The van der Waals surface area contributed by atoms with Crippen LogP contribution in [0.25, 0.3) is 0 Å². The van der Waals surface area contributed by atoms with Crippen LogP contribution in [0.1, 0.15) is 38.2 Å². The van der Waals surface area contributed by atoms with Gasteiger partial charge in [0, 0.05) is 12.5 Å². The summed E-state index contributed by atoms with van der Waals surface area (Å²) < 4.78 is 13.6. The van der Waals surface area contributed by atoms with Crippen LogP contribution in [0.2, 0.25) is 0 Å². The van der Waals surface area contributed by atoms with Crippen LogP contribution in [0.15, 0.2) is 24.3 Å². The van der Waals surface area contributed by atoms with Crippen LogP contribution >= 0.6 is 0 Å². The molecule has 116 valence electrons.